The monoisotopic (exact) mass is 453 g/mol. The van der Waals surface area contributed by atoms with Crippen molar-refractivity contribution in [3.8, 4) is 0 Å². The number of ether oxygens (including phenoxy) is 1. The first-order valence-corrected chi connectivity index (χ1v) is 10.5. The number of anilines is 1. The van der Waals surface area contributed by atoms with Gasteiger partial charge in [-0.05, 0) is 48.4 Å². The fourth-order valence-corrected chi connectivity index (χ4v) is 3.24. The summed E-state index contributed by atoms with van der Waals surface area (Å²) < 4.78 is 32.4. The van der Waals surface area contributed by atoms with Gasteiger partial charge in [0, 0.05) is 30.4 Å². The van der Waals surface area contributed by atoms with Crippen molar-refractivity contribution in [2.75, 3.05) is 18.4 Å². The minimum absolute atomic E-state index is 0.0803. The first kappa shape index (κ1) is 23.9. The van der Waals surface area contributed by atoms with Gasteiger partial charge in [-0.2, -0.15) is 0 Å². The molecule has 0 bridgehead atoms. The summed E-state index contributed by atoms with van der Waals surface area (Å²) in [5.41, 5.74) is 7.59. The summed E-state index contributed by atoms with van der Waals surface area (Å²) in [5, 5.41) is 2.66. The van der Waals surface area contributed by atoms with Crippen molar-refractivity contribution in [1.29, 1.82) is 0 Å². The Morgan fingerprint density at radius 3 is 2.30 bits per heavy atom. The molecule has 0 aliphatic heterocycles. The lowest BCUT2D eigenvalue weighted by Crippen LogP contribution is -2.32. The van der Waals surface area contributed by atoms with Crippen LogP contribution in [0.5, 0.6) is 0 Å². The summed E-state index contributed by atoms with van der Waals surface area (Å²) >= 11 is 0. The summed E-state index contributed by atoms with van der Waals surface area (Å²) in [7, 11) is 0. The maximum absolute atomic E-state index is 13.6. The highest BCUT2D eigenvalue weighted by Crippen LogP contribution is 2.17. The Labute approximate surface area is 191 Å². The number of halogens is 2. The molecular weight excluding hydrogens is 428 g/mol. The van der Waals surface area contributed by atoms with Crippen LogP contribution in [0.4, 0.5) is 19.3 Å². The molecule has 8 heteroatoms. The Balaban J connectivity index is 1.67. The van der Waals surface area contributed by atoms with Crippen molar-refractivity contribution in [1.82, 2.24) is 4.90 Å². The number of hydrogen-bond donors (Lipinski definition) is 2. The average Bonchev–Trinajstić information content (AvgIpc) is 2.80. The van der Waals surface area contributed by atoms with E-state index in [0.717, 1.165) is 23.3 Å². The van der Waals surface area contributed by atoms with E-state index in [-0.39, 0.29) is 18.7 Å². The fourth-order valence-electron chi connectivity index (χ4n) is 3.24. The van der Waals surface area contributed by atoms with Crippen LogP contribution in [0.1, 0.15) is 27.9 Å². The van der Waals surface area contributed by atoms with Crippen molar-refractivity contribution in [3.63, 3.8) is 0 Å². The van der Waals surface area contributed by atoms with Gasteiger partial charge < -0.3 is 15.4 Å². The first-order chi connectivity index (χ1) is 15.9. The van der Waals surface area contributed by atoms with E-state index in [2.05, 4.69) is 5.32 Å². The molecule has 33 heavy (non-hydrogen) atoms. The van der Waals surface area contributed by atoms with E-state index >= 15 is 0 Å². The van der Waals surface area contributed by atoms with Gasteiger partial charge in [0.1, 0.15) is 18.2 Å². The van der Waals surface area contributed by atoms with E-state index < -0.39 is 23.6 Å². The highest BCUT2D eigenvalue weighted by molar-refractivity contribution is 5.94. The third-order valence-corrected chi connectivity index (χ3v) is 4.79. The molecule has 3 aromatic rings. The van der Waals surface area contributed by atoms with Crippen LogP contribution in [0.3, 0.4) is 0 Å². The second kappa shape index (κ2) is 11.7. The SMILES string of the molecule is NCCCN(Cc1cccc(NC(=O)OCc2ccccc2)c1)C(=O)c1cc(F)cc(F)c1. The molecule has 172 valence electrons. The Kier molecular flexibility index (Phi) is 8.49. The Morgan fingerprint density at radius 1 is 0.909 bits per heavy atom. The molecule has 3 aromatic carbocycles. The smallest absolute Gasteiger partial charge is 0.411 e. The fraction of sp³-hybridized carbons (Fsp3) is 0.200. The van der Waals surface area contributed by atoms with Crippen LogP contribution in [0.15, 0.2) is 72.8 Å². The topological polar surface area (TPSA) is 84.7 Å². The quantitative estimate of drug-likeness (QED) is 0.492. The third-order valence-electron chi connectivity index (χ3n) is 4.79. The zero-order valence-corrected chi connectivity index (χ0v) is 18.0. The summed E-state index contributed by atoms with van der Waals surface area (Å²) in [6.45, 7) is 0.976. The van der Waals surface area contributed by atoms with Gasteiger partial charge in [0.05, 0.1) is 0 Å². The van der Waals surface area contributed by atoms with Crippen LogP contribution in [-0.2, 0) is 17.9 Å². The maximum Gasteiger partial charge on any atom is 0.411 e. The number of benzene rings is 3. The molecule has 0 heterocycles. The number of nitrogens with two attached hydrogens (primary N) is 1. The van der Waals surface area contributed by atoms with Crippen molar-refractivity contribution in [3.05, 3.63) is 101 Å². The lowest BCUT2D eigenvalue weighted by atomic mass is 10.1. The molecule has 3 N–H and O–H groups in total. The summed E-state index contributed by atoms with van der Waals surface area (Å²) in [6, 6.07) is 18.9. The van der Waals surface area contributed by atoms with Crippen LogP contribution in [-0.4, -0.2) is 30.0 Å². The number of nitrogens with one attached hydrogen (secondary N) is 1. The Hall–Kier alpha value is -3.78. The van der Waals surface area contributed by atoms with E-state index in [1.165, 1.54) is 4.90 Å². The van der Waals surface area contributed by atoms with Crippen molar-refractivity contribution in [2.24, 2.45) is 5.73 Å². The van der Waals surface area contributed by atoms with Crippen LogP contribution < -0.4 is 11.1 Å². The molecule has 2 amide bonds. The lowest BCUT2D eigenvalue weighted by Gasteiger charge is -2.23. The Bertz CT molecular complexity index is 1070. The van der Waals surface area contributed by atoms with E-state index in [1.807, 2.05) is 30.3 Å². The summed E-state index contributed by atoms with van der Waals surface area (Å²) in [5.74, 6) is -2.16. The van der Waals surface area contributed by atoms with Gasteiger partial charge in [0.2, 0.25) is 0 Å². The van der Waals surface area contributed by atoms with Crippen molar-refractivity contribution in [2.45, 2.75) is 19.6 Å². The maximum atomic E-state index is 13.6. The molecule has 6 nitrogen and oxygen atoms in total. The Morgan fingerprint density at radius 2 is 1.61 bits per heavy atom. The number of carbonyl (C=O) groups is 2. The van der Waals surface area contributed by atoms with Crippen LogP contribution in [0, 0.1) is 11.6 Å². The molecule has 0 spiro atoms. The zero-order chi connectivity index (χ0) is 23.6. The summed E-state index contributed by atoms with van der Waals surface area (Å²) in [4.78, 5) is 26.5. The highest BCUT2D eigenvalue weighted by Gasteiger charge is 2.18. The van der Waals surface area contributed by atoms with Gasteiger partial charge in [-0.15, -0.1) is 0 Å². The molecule has 0 saturated carbocycles. The minimum atomic E-state index is -0.822. The predicted molar refractivity (Wildman–Crippen MR) is 121 cm³/mol. The van der Waals surface area contributed by atoms with Crippen LogP contribution in [0.25, 0.3) is 0 Å². The van der Waals surface area contributed by atoms with Gasteiger partial charge >= 0.3 is 6.09 Å². The van der Waals surface area contributed by atoms with E-state index in [0.29, 0.717) is 31.3 Å². The molecule has 0 aliphatic rings. The molecule has 3 rings (SSSR count). The number of rotatable bonds is 9. The molecule has 0 aromatic heterocycles. The molecular formula is C25H25F2N3O3. The number of carbonyl (C=O) groups excluding carboxylic acids is 2. The van der Waals surface area contributed by atoms with E-state index in [9.17, 15) is 18.4 Å². The minimum Gasteiger partial charge on any atom is -0.444 e. The molecule has 0 fully saturated rings. The molecule has 0 radical (unpaired) electrons. The first-order valence-electron chi connectivity index (χ1n) is 10.5. The largest absolute Gasteiger partial charge is 0.444 e. The normalized spacial score (nSPS) is 10.5. The van der Waals surface area contributed by atoms with Gasteiger partial charge in [-0.3, -0.25) is 10.1 Å². The van der Waals surface area contributed by atoms with Gasteiger partial charge in [0.15, 0.2) is 0 Å². The predicted octanol–water partition coefficient (Wildman–Crippen LogP) is 4.70. The molecule has 0 unspecified atom stereocenters. The van der Waals surface area contributed by atoms with Gasteiger partial charge in [-0.1, -0.05) is 42.5 Å². The van der Waals surface area contributed by atoms with Gasteiger partial charge in [0.25, 0.3) is 5.91 Å². The second-order valence-corrected chi connectivity index (χ2v) is 7.41. The molecule has 0 atom stereocenters. The molecule has 0 aliphatic carbocycles. The van der Waals surface area contributed by atoms with E-state index in [1.54, 1.807) is 24.3 Å². The molecule has 0 saturated heterocycles. The number of nitrogens with zero attached hydrogens (tertiary/aromatic N) is 1. The second-order valence-electron chi connectivity index (χ2n) is 7.41. The number of amides is 2. The number of hydrogen-bond acceptors (Lipinski definition) is 4. The average molecular weight is 453 g/mol. The zero-order valence-electron chi connectivity index (χ0n) is 18.0. The van der Waals surface area contributed by atoms with Gasteiger partial charge in [-0.25, -0.2) is 13.6 Å². The third kappa shape index (κ3) is 7.40. The van der Waals surface area contributed by atoms with Crippen LogP contribution in [0.2, 0.25) is 0 Å². The summed E-state index contributed by atoms with van der Waals surface area (Å²) in [6.07, 6.45) is -0.0879. The van der Waals surface area contributed by atoms with Crippen molar-refractivity contribution >= 4 is 17.7 Å². The van der Waals surface area contributed by atoms with Crippen LogP contribution >= 0.6 is 0 Å². The highest BCUT2D eigenvalue weighted by atomic mass is 19.1. The standard InChI is InChI=1S/C25H25F2N3O3/c26-21-13-20(14-22(27)15-21)24(31)30(11-5-10-28)16-19-8-4-9-23(12-19)29-25(32)33-17-18-6-2-1-3-7-18/h1-4,6-9,12-15H,5,10-11,16-17,28H2,(H,29,32). The van der Waals surface area contributed by atoms with Crippen molar-refractivity contribution < 1.29 is 23.1 Å². The van der Waals surface area contributed by atoms with E-state index in [4.69, 9.17) is 10.5 Å². The lowest BCUT2D eigenvalue weighted by molar-refractivity contribution is 0.0741.